The Labute approximate surface area is 114 Å². The molecule has 0 amide bonds. The van der Waals surface area contributed by atoms with Gasteiger partial charge in [0.1, 0.15) is 0 Å². The molecule has 2 atom stereocenters. The third kappa shape index (κ3) is 5.56. The molecule has 0 aliphatic carbocycles. The second-order valence-corrected chi connectivity index (χ2v) is 2.93. The first-order valence-electron chi connectivity index (χ1n) is 5.00. The topological polar surface area (TPSA) is 105 Å². The highest BCUT2D eigenvalue weighted by Gasteiger charge is 2.40. The van der Waals surface area contributed by atoms with E-state index in [1.807, 2.05) is 11.8 Å². The van der Waals surface area contributed by atoms with Crippen molar-refractivity contribution in [2.24, 2.45) is 0 Å². The normalized spacial score (nSPS) is 11.7. The van der Waals surface area contributed by atoms with Gasteiger partial charge in [0, 0.05) is 0 Å². The average molecular weight is 282 g/mol. The van der Waals surface area contributed by atoms with E-state index in [9.17, 15) is 19.2 Å². The van der Waals surface area contributed by atoms with Crippen molar-refractivity contribution >= 4 is 24.9 Å². The van der Waals surface area contributed by atoms with Gasteiger partial charge in [-0.05, 0) is 0 Å². The van der Waals surface area contributed by atoms with Crippen LogP contribution >= 0.6 is 0 Å². The van der Waals surface area contributed by atoms with Crippen LogP contribution in [0.2, 0.25) is 0 Å². The molecular weight excluding hydrogens is 272 g/mol. The number of carbonyl (C=O) groups is 4. The van der Waals surface area contributed by atoms with Crippen molar-refractivity contribution in [3.05, 3.63) is 0 Å². The van der Waals surface area contributed by atoms with E-state index in [-0.39, 0.29) is 12.9 Å². The Balaban J connectivity index is 5.02. The van der Waals surface area contributed by atoms with Crippen LogP contribution in [0.1, 0.15) is 0 Å². The zero-order chi connectivity index (χ0) is 15.4. The molecule has 0 heterocycles. The molecule has 20 heavy (non-hydrogen) atoms. The Morgan fingerprint density at radius 3 is 1.50 bits per heavy atom. The quantitative estimate of drug-likeness (QED) is 0.216. The van der Waals surface area contributed by atoms with Crippen molar-refractivity contribution in [3.8, 4) is 24.7 Å². The summed E-state index contributed by atoms with van der Waals surface area (Å²) in [6.07, 6.45) is 6.04. The van der Waals surface area contributed by atoms with E-state index in [0.29, 0.717) is 0 Å². The van der Waals surface area contributed by atoms with Crippen molar-refractivity contribution in [2.75, 3.05) is 13.2 Å². The molecule has 0 fully saturated rings. The Morgan fingerprint density at radius 2 is 1.25 bits per heavy atom. The summed E-state index contributed by atoms with van der Waals surface area (Å²) in [5.74, 6) is 1.62. The minimum Gasteiger partial charge on any atom is -0.450 e. The lowest BCUT2D eigenvalue weighted by Gasteiger charge is -2.20. The van der Waals surface area contributed by atoms with E-state index in [1.54, 1.807) is 0 Å². The third-order valence-electron chi connectivity index (χ3n) is 1.74. The molecule has 106 valence electrons. The number of esters is 2. The van der Waals surface area contributed by atoms with Gasteiger partial charge in [0.05, 0.1) is 0 Å². The van der Waals surface area contributed by atoms with Crippen molar-refractivity contribution in [1.29, 1.82) is 0 Å². The van der Waals surface area contributed by atoms with E-state index >= 15 is 0 Å². The fourth-order valence-electron chi connectivity index (χ4n) is 1.01. The van der Waals surface area contributed by atoms with Crippen LogP contribution in [0.3, 0.4) is 0 Å². The zero-order valence-corrected chi connectivity index (χ0v) is 10.1. The largest absolute Gasteiger partial charge is 0.450 e. The van der Waals surface area contributed by atoms with Gasteiger partial charge in [0.25, 0.3) is 12.9 Å². The lowest BCUT2D eigenvalue weighted by molar-refractivity contribution is -0.183. The highest BCUT2D eigenvalue weighted by Crippen LogP contribution is 2.08. The van der Waals surface area contributed by atoms with E-state index in [2.05, 4.69) is 18.9 Å². The number of terminal acetylenes is 2. The lowest BCUT2D eigenvalue weighted by atomic mass is 10.2. The summed E-state index contributed by atoms with van der Waals surface area (Å²) in [5, 5.41) is 0. The SMILES string of the molecule is C#CCOC(=O)C(OC=O)C(OC=O)C(=O)OCC#C. The standard InChI is InChI=1S/C12H10O8/c1-3-5-17-11(15)9(19-7-13)10(20-8-14)12(16)18-6-4-2/h1-2,7-10H,5-6H2. The maximum absolute atomic E-state index is 11.5. The highest BCUT2D eigenvalue weighted by molar-refractivity contribution is 5.87. The van der Waals surface area contributed by atoms with Crippen LogP contribution in [0.25, 0.3) is 0 Å². The fourth-order valence-corrected chi connectivity index (χ4v) is 1.01. The maximum atomic E-state index is 11.5. The molecule has 0 radical (unpaired) electrons. The Bertz CT molecular complexity index is 399. The minimum atomic E-state index is -1.85. The summed E-state index contributed by atoms with van der Waals surface area (Å²) in [7, 11) is 0. The summed E-state index contributed by atoms with van der Waals surface area (Å²) in [5.41, 5.74) is 0. The lowest BCUT2D eigenvalue weighted by Crippen LogP contribution is -2.45. The van der Waals surface area contributed by atoms with Crippen LogP contribution in [-0.4, -0.2) is 50.3 Å². The number of carbonyl (C=O) groups excluding carboxylic acids is 4. The molecule has 0 aromatic carbocycles. The van der Waals surface area contributed by atoms with E-state index < -0.39 is 37.4 Å². The van der Waals surface area contributed by atoms with E-state index in [4.69, 9.17) is 12.8 Å². The molecule has 8 nitrogen and oxygen atoms in total. The predicted molar refractivity (Wildman–Crippen MR) is 61.5 cm³/mol. The molecule has 0 aromatic rings. The van der Waals surface area contributed by atoms with Gasteiger partial charge in [0.15, 0.2) is 13.2 Å². The molecule has 2 unspecified atom stereocenters. The first kappa shape index (κ1) is 17.0. The van der Waals surface area contributed by atoms with Gasteiger partial charge in [-0.3, -0.25) is 9.59 Å². The van der Waals surface area contributed by atoms with Gasteiger partial charge in [-0.25, -0.2) is 9.59 Å². The number of ether oxygens (including phenoxy) is 4. The summed E-state index contributed by atoms with van der Waals surface area (Å²) >= 11 is 0. The van der Waals surface area contributed by atoms with Crippen LogP contribution in [0, 0.1) is 24.7 Å². The second kappa shape index (κ2) is 9.97. The number of rotatable bonds is 9. The summed E-state index contributed by atoms with van der Waals surface area (Å²) < 4.78 is 17.7. The summed E-state index contributed by atoms with van der Waals surface area (Å²) in [6, 6.07) is 0. The Morgan fingerprint density at radius 1 is 0.900 bits per heavy atom. The first-order valence-corrected chi connectivity index (χ1v) is 5.00. The molecule has 0 spiro atoms. The number of hydrogen-bond donors (Lipinski definition) is 0. The fraction of sp³-hybridized carbons (Fsp3) is 0.333. The van der Waals surface area contributed by atoms with Gasteiger partial charge in [0.2, 0.25) is 12.2 Å². The average Bonchev–Trinajstić information content (AvgIpc) is 2.45. The molecule has 0 saturated heterocycles. The summed E-state index contributed by atoms with van der Waals surface area (Å²) in [4.78, 5) is 43.8. The van der Waals surface area contributed by atoms with E-state index in [1.165, 1.54) is 0 Å². The monoisotopic (exact) mass is 282 g/mol. The van der Waals surface area contributed by atoms with Gasteiger partial charge >= 0.3 is 11.9 Å². The molecule has 0 saturated carbocycles. The van der Waals surface area contributed by atoms with Crippen LogP contribution in [-0.2, 0) is 38.1 Å². The zero-order valence-electron chi connectivity index (χ0n) is 10.1. The van der Waals surface area contributed by atoms with Crippen molar-refractivity contribution < 1.29 is 38.1 Å². The predicted octanol–water partition coefficient (Wildman–Crippen LogP) is -1.58. The molecule has 0 aromatic heterocycles. The molecule has 0 aliphatic rings. The molecular formula is C12H10O8. The second-order valence-electron chi connectivity index (χ2n) is 2.93. The van der Waals surface area contributed by atoms with Crippen LogP contribution in [0.5, 0.6) is 0 Å². The molecule has 0 rings (SSSR count). The van der Waals surface area contributed by atoms with Gasteiger partial charge in [-0.15, -0.1) is 12.8 Å². The van der Waals surface area contributed by atoms with Crippen LogP contribution < -0.4 is 0 Å². The van der Waals surface area contributed by atoms with Crippen LogP contribution in [0.4, 0.5) is 0 Å². The van der Waals surface area contributed by atoms with Gasteiger partial charge < -0.3 is 18.9 Å². The smallest absolute Gasteiger partial charge is 0.353 e. The van der Waals surface area contributed by atoms with Crippen molar-refractivity contribution in [3.63, 3.8) is 0 Å². The Kier molecular flexibility index (Phi) is 8.48. The first-order chi connectivity index (χ1) is 9.62. The third-order valence-corrected chi connectivity index (χ3v) is 1.74. The molecule has 0 aliphatic heterocycles. The molecule has 0 bridgehead atoms. The van der Waals surface area contributed by atoms with Crippen molar-refractivity contribution in [1.82, 2.24) is 0 Å². The van der Waals surface area contributed by atoms with Crippen LogP contribution in [0.15, 0.2) is 0 Å². The number of hydrogen-bond acceptors (Lipinski definition) is 8. The Hall–Kier alpha value is -3.00. The minimum absolute atomic E-state index is 0.128. The van der Waals surface area contributed by atoms with Crippen molar-refractivity contribution in [2.45, 2.75) is 12.2 Å². The molecule has 8 heteroatoms. The summed E-state index contributed by atoms with van der Waals surface area (Å²) in [6.45, 7) is -1.11. The maximum Gasteiger partial charge on any atom is 0.353 e. The van der Waals surface area contributed by atoms with Gasteiger partial charge in [-0.2, -0.15) is 0 Å². The highest BCUT2D eigenvalue weighted by atomic mass is 16.6. The van der Waals surface area contributed by atoms with Gasteiger partial charge in [-0.1, -0.05) is 11.8 Å². The van der Waals surface area contributed by atoms with E-state index in [0.717, 1.165) is 0 Å². The molecule has 0 N–H and O–H groups in total.